The van der Waals surface area contributed by atoms with E-state index in [0.29, 0.717) is 6.10 Å². The molecular formula is C12H18BrNOS. The van der Waals surface area contributed by atoms with E-state index in [2.05, 4.69) is 28.9 Å². The first kappa shape index (κ1) is 12.6. The van der Waals surface area contributed by atoms with Gasteiger partial charge >= 0.3 is 0 Å². The van der Waals surface area contributed by atoms with Gasteiger partial charge < -0.3 is 10.5 Å². The second-order valence-corrected chi connectivity index (χ2v) is 6.83. The summed E-state index contributed by atoms with van der Waals surface area (Å²) in [4.78, 5) is 1.28. The van der Waals surface area contributed by atoms with Gasteiger partial charge in [-0.3, -0.25) is 0 Å². The Hall–Kier alpha value is 0.100. The molecule has 1 aromatic heterocycles. The predicted molar refractivity (Wildman–Crippen MR) is 71.9 cm³/mol. The number of hydrogen-bond acceptors (Lipinski definition) is 3. The Morgan fingerprint density at radius 1 is 1.69 bits per heavy atom. The highest BCUT2D eigenvalue weighted by Gasteiger charge is 2.18. The van der Waals surface area contributed by atoms with Crippen LogP contribution in [0.5, 0.6) is 0 Å². The number of halogens is 1. The van der Waals surface area contributed by atoms with Crippen molar-refractivity contribution in [3.8, 4) is 0 Å². The van der Waals surface area contributed by atoms with Gasteiger partial charge in [0.25, 0.3) is 0 Å². The number of rotatable bonds is 4. The quantitative estimate of drug-likeness (QED) is 0.919. The molecule has 0 amide bonds. The van der Waals surface area contributed by atoms with Crippen LogP contribution in [0.1, 0.15) is 42.2 Å². The van der Waals surface area contributed by atoms with Crippen LogP contribution in [0.2, 0.25) is 0 Å². The van der Waals surface area contributed by atoms with Crippen molar-refractivity contribution in [2.45, 2.75) is 44.8 Å². The maximum Gasteiger partial charge on any atom is 0.0731 e. The van der Waals surface area contributed by atoms with Gasteiger partial charge in [0, 0.05) is 17.5 Å². The van der Waals surface area contributed by atoms with Crippen LogP contribution < -0.4 is 5.73 Å². The van der Waals surface area contributed by atoms with Gasteiger partial charge in [0.1, 0.15) is 0 Å². The maximum atomic E-state index is 6.19. The first-order chi connectivity index (χ1) is 7.66. The van der Waals surface area contributed by atoms with Crippen LogP contribution in [0.15, 0.2) is 9.85 Å². The summed E-state index contributed by atoms with van der Waals surface area (Å²) in [6.07, 6.45) is 4.99. The van der Waals surface area contributed by atoms with Crippen LogP contribution in [-0.2, 0) is 4.74 Å². The molecular weight excluding hydrogens is 286 g/mol. The van der Waals surface area contributed by atoms with E-state index < -0.39 is 0 Å². The van der Waals surface area contributed by atoms with Gasteiger partial charge in [-0.2, -0.15) is 0 Å². The van der Waals surface area contributed by atoms with Crippen molar-refractivity contribution in [3.05, 3.63) is 20.3 Å². The lowest BCUT2D eigenvalue weighted by molar-refractivity contribution is 0.101. The van der Waals surface area contributed by atoms with Crippen molar-refractivity contribution in [2.24, 2.45) is 5.73 Å². The lowest BCUT2D eigenvalue weighted by Gasteiger charge is -2.13. The van der Waals surface area contributed by atoms with Gasteiger partial charge in [0.05, 0.1) is 9.89 Å². The highest BCUT2D eigenvalue weighted by atomic mass is 79.9. The molecule has 1 fully saturated rings. The minimum absolute atomic E-state index is 0.166. The monoisotopic (exact) mass is 303 g/mol. The van der Waals surface area contributed by atoms with E-state index >= 15 is 0 Å². The zero-order chi connectivity index (χ0) is 11.5. The smallest absolute Gasteiger partial charge is 0.0731 e. The Morgan fingerprint density at radius 2 is 2.50 bits per heavy atom. The molecule has 4 heteroatoms. The number of thiophene rings is 1. The summed E-state index contributed by atoms with van der Waals surface area (Å²) in [5, 5.41) is 0. The van der Waals surface area contributed by atoms with Gasteiger partial charge in [-0.05, 0) is 60.2 Å². The van der Waals surface area contributed by atoms with E-state index in [9.17, 15) is 0 Å². The molecule has 1 aliphatic heterocycles. The third kappa shape index (κ3) is 3.06. The molecule has 2 unspecified atom stereocenters. The zero-order valence-electron chi connectivity index (χ0n) is 9.54. The molecule has 0 aliphatic carbocycles. The van der Waals surface area contributed by atoms with Gasteiger partial charge in [-0.15, -0.1) is 11.3 Å². The molecule has 16 heavy (non-hydrogen) atoms. The third-order valence-corrected chi connectivity index (χ3v) is 5.33. The molecule has 90 valence electrons. The van der Waals surface area contributed by atoms with Crippen molar-refractivity contribution >= 4 is 27.3 Å². The summed E-state index contributed by atoms with van der Waals surface area (Å²) in [5.41, 5.74) is 7.47. The summed E-state index contributed by atoms with van der Waals surface area (Å²) in [6, 6.07) is 2.36. The van der Waals surface area contributed by atoms with Crippen molar-refractivity contribution < 1.29 is 4.74 Å². The Kier molecular flexibility index (Phi) is 4.41. The van der Waals surface area contributed by atoms with Crippen LogP contribution >= 0.6 is 27.3 Å². The zero-order valence-corrected chi connectivity index (χ0v) is 11.9. The molecule has 1 aliphatic rings. The average molecular weight is 304 g/mol. The fourth-order valence-corrected chi connectivity index (χ4v) is 3.65. The standard InChI is InChI=1S/C12H18BrNOS/c1-8-7-11(16-12(8)13)10(14)5-4-9-3-2-6-15-9/h7,9-10H,2-6,14H2,1H3. The number of aryl methyl sites for hydroxylation is 1. The first-order valence-electron chi connectivity index (χ1n) is 5.80. The largest absolute Gasteiger partial charge is 0.378 e. The number of hydrogen-bond donors (Lipinski definition) is 1. The summed E-state index contributed by atoms with van der Waals surface area (Å²) in [6.45, 7) is 3.04. The lowest BCUT2D eigenvalue weighted by atomic mass is 10.1. The second-order valence-electron chi connectivity index (χ2n) is 4.42. The van der Waals surface area contributed by atoms with E-state index in [1.165, 1.54) is 27.1 Å². The number of nitrogens with two attached hydrogens (primary N) is 1. The Labute approximate surface area is 109 Å². The predicted octanol–water partition coefficient (Wildman–Crippen LogP) is 3.78. The normalized spacial score (nSPS) is 22.6. The Morgan fingerprint density at radius 3 is 3.06 bits per heavy atom. The molecule has 0 bridgehead atoms. The van der Waals surface area contributed by atoms with E-state index in [1.807, 2.05) is 0 Å². The molecule has 0 radical (unpaired) electrons. The van der Waals surface area contributed by atoms with Crippen molar-refractivity contribution in [1.29, 1.82) is 0 Å². The maximum absolute atomic E-state index is 6.19. The second kappa shape index (κ2) is 5.63. The molecule has 2 N–H and O–H groups in total. The van der Waals surface area contributed by atoms with Crippen LogP contribution in [0, 0.1) is 6.92 Å². The summed E-state index contributed by atoms with van der Waals surface area (Å²) >= 11 is 5.30. The molecule has 1 saturated heterocycles. The minimum atomic E-state index is 0.166. The van der Waals surface area contributed by atoms with Crippen LogP contribution in [0.25, 0.3) is 0 Å². The highest BCUT2D eigenvalue weighted by molar-refractivity contribution is 9.11. The minimum Gasteiger partial charge on any atom is -0.378 e. The molecule has 2 atom stereocenters. The molecule has 2 heterocycles. The fraction of sp³-hybridized carbons (Fsp3) is 0.667. The topological polar surface area (TPSA) is 35.2 Å². The van der Waals surface area contributed by atoms with Crippen LogP contribution in [0.4, 0.5) is 0 Å². The van der Waals surface area contributed by atoms with E-state index in [1.54, 1.807) is 11.3 Å². The van der Waals surface area contributed by atoms with E-state index in [-0.39, 0.29) is 6.04 Å². The summed E-state index contributed by atoms with van der Waals surface area (Å²) in [5.74, 6) is 0. The first-order valence-corrected chi connectivity index (χ1v) is 7.41. The van der Waals surface area contributed by atoms with Gasteiger partial charge in [0.15, 0.2) is 0 Å². The van der Waals surface area contributed by atoms with Crippen molar-refractivity contribution in [1.82, 2.24) is 0 Å². The molecule has 0 spiro atoms. The van der Waals surface area contributed by atoms with Crippen molar-refractivity contribution in [2.75, 3.05) is 6.61 Å². The molecule has 2 nitrogen and oxygen atoms in total. The SMILES string of the molecule is Cc1cc(C(N)CCC2CCCO2)sc1Br. The third-order valence-electron chi connectivity index (χ3n) is 3.07. The summed E-state index contributed by atoms with van der Waals surface area (Å²) in [7, 11) is 0. The van der Waals surface area contributed by atoms with Crippen LogP contribution in [0.3, 0.4) is 0 Å². The fourth-order valence-electron chi connectivity index (χ4n) is 2.05. The Bertz CT molecular complexity index is 327. The molecule has 0 saturated carbocycles. The molecule has 0 aromatic carbocycles. The van der Waals surface area contributed by atoms with Gasteiger partial charge in [-0.25, -0.2) is 0 Å². The van der Waals surface area contributed by atoms with Gasteiger partial charge in [0.2, 0.25) is 0 Å². The van der Waals surface area contributed by atoms with E-state index in [4.69, 9.17) is 10.5 Å². The van der Waals surface area contributed by atoms with Crippen LogP contribution in [-0.4, -0.2) is 12.7 Å². The van der Waals surface area contributed by atoms with E-state index in [0.717, 1.165) is 19.4 Å². The number of ether oxygens (including phenoxy) is 1. The van der Waals surface area contributed by atoms with Gasteiger partial charge in [-0.1, -0.05) is 0 Å². The highest BCUT2D eigenvalue weighted by Crippen LogP contribution is 2.32. The Balaban J connectivity index is 1.84. The molecule has 1 aromatic rings. The van der Waals surface area contributed by atoms with Crippen molar-refractivity contribution in [3.63, 3.8) is 0 Å². The lowest BCUT2D eigenvalue weighted by Crippen LogP contribution is -2.13. The molecule has 2 rings (SSSR count). The summed E-state index contributed by atoms with van der Waals surface area (Å²) < 4.78 is 6.81. The average Bonchev–Trinajstić information content (AvgIpc) is 2.86.